The molecule has 0 saturated heterocycles. The van der Waals surface area contributed by atoms with Gasteiger partial charge in [-0.15, -0.1) is 10.2 Å². The molecule has 2 aromatic heterocycles. The lowest BCUT2D eigenvalue weighted by molar-refractivity contribution is 0.857. The van der Waals surface area contributed by atoms with Crippen LogP contribution in [-0.4, -0.2) is 26.6 Å². The Kier molecular flexibility index (Phi) is 3.71. The zero-order chi connectivity index (χ0) is 16.7. The van der Waals surface area contributed by atoms with Gasteiger partial charge in [0.25, 0.3) is 0 Å². The van der Waals surface area contributed by atoms with E-state index in [4.69, 9.17) is 0 Å². The van der Waals surface area contributed by atoms with E-state index in [1.807, 2.05) is 12.4 Å². The molecule has 0 amide bonds. The van der Waals surface area contributed by atoms with Gasteiger partial charge in [-0.25, -0.2) is 4.98 Å². The van der Waals surface area contributed by atoms with Gasteiger partial charge in [0.15, 0.2) is 5.82 Å². The molecule has 0 spiro atoms. The minimum Gasteiger partial charge on any atom is -0.352 e. The van der Waals surface area contributed by atoms with Crippen LogP contribution in [-0.2, 0) is 6.54 Å². The van der Waals surface area contributed by atoms with Gasteiger partial charge in [0.2, 0.25) is 5.65 Å². The fourth-order valence-corrected chi connectivity index (χ4v) is 3.08. The van der Waals surface area contributed by atoms with Gasteiger partial charge in [-0.1, -0.05) is 38.1 Å². The zero-order valence-corrected chi connectivity index (χ0v) is 14.5. The first kappa shape index (κ1) is 15.1. The molecule has 24 heavy (non-hydrogen) atoms. The smallest absolute Gasteiger partial charge is 0.203 e. The Morgan fingerprint density at radius 2 is 1.92 bits per heavy atom. The van der Waals surface area contributed by atoms with Crippen LogP contribution in [0.2, 0.25) is 0 Å². The predicted molar refractivity (Wildman–Crippen MR) is 95.4 cm³/mol. The summed E-state index contributed by atoms with van der Waals surface area (Å²) in [4.78, 5) is 6.69. The SMILES string of the molecule is CC(C)c1ccc(CN(C)c2nccn3c(C4CC4)nnc23)cc1. The van der Waals surface area contributed by atoms with Crippen LogP contribution in [0.15, 0.2) is 36.7 Å². The molecule has 5 heteroatoms. The van der Waals surface area contributed by atoms with Gasteiger partial charge in [-0.3, -0.25) is 4.40 Å². The van der Waals surface area contributed by atoms with Crippen molar-refractivity contribution in [3.8, 4) is 0 Å². The van der Waals surface area contributed by atoms with E-state index >= 15 is 0 Å². The highest BCUT2D eigenvalue weighted by Gasteiger charge is 2.29. The third-order valence-electron chi connectivity index (χ3n) is 4.70. The van der Waals surface area contributed by atoms with Crippen molar-refractivity contribution in [1.29, 1.82) is 0 Å². The van der Waals surface area contributed by atoms with Crippen molar-refractivity contribution in [1.82, 2.24) is 19.6 Å². The molecular weight excluding hydrogens is 298 g/mol. The van der Waals surface area contributed by atoms with Gasteiger partial charge in [-0.05, 0) is 29.9 Å². The minimum atomic E-state index is 0.559. The third kappa shape index (κ3) is 2.75. The zero-order valence-electron chi connectivity index (χ0n) is 14.5. The number of fused-ring (bicyclic) bond motifs is 1. The third-order valence-corrected chi connectivity index (χ3v) is 4.70. The number of benzene rings is 1. The van der Waals surface area contributed by atoms with Gasteiger partial charge in [0.1, 0.15) is 5.82 Å². The second-order valence-electron chi connectivity index (χ2n) is 7.03. The van der Waals surface area contributed by atoms with E-state index in [9.17, 15) is 0 Å². The molecule has 1 aliphatic rings. The Hall–Kier alpha value is -2.43. The molecule has 124 valence electrons. The molecule has 0 unspecified atom stereocenters. The summed E-state index contributed by atoms with van der Waals surface area (Å²) in [5.41, 5.74) is 3.49. The Labute approximate surface area is 142 Å². The fourth-order valence-electron chi connectivity index (χ4n) is 3.08. The quantitative estimate of drug-likeness (QED) is 0.718. The van der Waals surface area contributed by atoms with Crippen molar-refractivity contribution in [3.05, 3.63) is 53.6 Å². The van der Waals surface area contributed by atoms with Gasteiger partial charge >= 0.3 is 0 Å². The number of aromatic nitrogens is 4. The average Bonchev–Trinajstić information content (AvgIpc) is 3.33. The lowest BCUT2D eigenvalue weighted by Gasteiger charge is -2.19. The number of anilines is 1. The van der Waals surface area contributed by atoms with Crippen LogP contribution in [0.5, 0.6) is 0 Å². The Morgan fingerprint density at radius 3 is 2.58 bits per heavy atom. The fraction of sp³-hybridized carbons (Fsp3) is 0.421. The Morgan fingerprint density at radius 1 is 1.17 bits per heavy atom. The maximum Gasteiger partial charge on any atom is 0.203 e. The maximum absolute atomic E-state index is 4.54. The van der Waals surface area contributed by atoms with E-state index in [-0.39, 0.29) is 0 Å². The lowest BCUT2D eigenvalue weighted by Crippen LogP contribution is -2.18. The maximum atomic E-state index is 4.54. The normalized spacial score (nSPS) is 14.5. The Bertz CT molecular complexity index is 846. The topological polar surface area (TPSA) is 46.3 Å². The monoisotopic (exact) mass is 321 g/mol. The lowest BCUT2D eigenvalue weighted by atomic mass is 10.0. The highest BCUT2D eigenvalue weighted by molar-refractivity contribution is 5.63. The molecule has 1 fully saturated rings. The van der Waals surface area contributed by atoms with Gasteiger partial charge in [-0.2, -0.15) is 0 Å². The van der Waals surface area contributed by atoms with E-state index < -0.39 is 0 Å². The summed E-state index contributed by atoms with van der Waals surface area (Å²) >= 11 is 0. The summed E-state index contributed by atoms with van der Waals surface area (Å²) in [6, 6.07) is 8.82. The van der Waals surface area contributed by atoms with Gasteiger partial charge in [0, 0.05) is 31.9 Å². The van der Waals surface area contributed by atoms with Crippen LogP contribution >= 0.6 is 0 Å². The highest BCUT2D eigenvalue weighted by Crippen LogP contribution is 2.39. The van der Waals surface area contributed by atoms with E-state index in [0.717, 1.165) is 23.8 Å². The van der Waals surface area contributed by atoms with Crippen molar-refractivity contribution in [3.63, 3.8) is 0 Å². The molecule has 0 atom stereocenters. The first-order valence-electron chi connectivity index (χ1n) is 8.63. The molecular formula is C19H23N5. The molecule has 4 rings (SSSR count). The molecule has 0 bridgehead atoms. The second kappa shape index (κ2) is 5.89. The van der Waals surface area contributed by atoms with Crippen LogP contribution < -0.4 is 4.90 Å². The second-order valence-corrected chi connectivity index (χ2v) is 7.03. The summed E-state index contributed by atoms with van der Waals surface area (Å²) in [5, 5.41) is 8.77. The van der Waals surface area contributed by atoms with Crippen LogP contribution in [0.25, 0.3) is 5.65 Å². The summed E-state index contributed by atoms with van der Waals surface area (Å²) in [6.07, 6.45) is 6.25. The summed E-state index contributed by atoms with van der Waals surface area (Å²) < 4.78 is 2.10. The first-order valence-corrected chi connectivity index (χ1v) is 8.63. The molecule has 1 aliphatic carbocycles. The van der Waals surface area contributed by atoms with E-state index in [1.54, 1.807) is 0 Å². The van der Waals surface area contributed by atoms with Crippen LogP contribution in [0.4, 0.5) is 5.82 Å². The molecule has 5 nitrogen and oxygen atoms in total. The van der Waals surface area contributed by atoms with Crippen molar-refractivity contribution >= 4 is 11.5 Å². The minimum absolute atomic E-state index is 0.559. The van der Waals surface area contributed by atoms with Gasteiger partial charge < -0.3 is 4.90 Å². The molecule has 1 aromatic carbocycles. The number of hydrogen-bond acceptors (Lipinski definition) is 4. The summed E-state index contributed by atoms with van der Waals surface area (Å²) in [7, 11) is 2.06. The van der Waals surface area contributed by atoms with E-state index in [0.29, 0.717) is 11.8 Å². The predicted octanol–water partition coefficient (Wildman–Crippen LogP) is 3.76. The van der Waals surface area contributed by atoms with Crippen molar-refractivity contribution < 1.29 is 0 Å². The standard InChI is InChI=1S/C19H23N5/c1-13(2)15-6-4-14(5-7-15)12-23(3)18-19-22-21-17(16-8-9-16)24(19)11-10-20-18/h4-7,10-11,13,16H,8-9,12H2,1-3H3. The van der Waals surface area contributed by atoms with Crippen LogP contribution in [0.3, 0.4) is 0 Å². The van der Waals surface area contributed by atoms with Gasteiger partial charge in [0.05, 0.1) is 0 Å². The number of hydrogen-bond donors (Lipinski definition) is 0. The number of rotatable bonds is 5. The van der Waals surface area contributed by atoms with E-state index in [1.165, 1.54) is 24.0 Å². The highest BCUT2D eigenvalue weighted by atomic mass is 15.3. The molecule has 2 heterocycles. The average molecular weight is 321 g/mol. The van der Waals surface area contributed by atoms with Crippen molar-refractivity contribution in [2.75, 3.05) is 11.9 Å². The molecule has 3 aromatic rings. The summed E-state index contributed by atoms with van der Waals surface area (Å²) in [6.45, 7) is 5.24. The van der Waals surface area contributed by atoms with Crippen molar-refractivity contribution in [2.24, 2.45) is 0 Å². The molecule has 0 aliphatic heterocycles. The largest absolute Gasteiger partial charge is 0.352 e. The van der Waals surface area contributed by atoms with E-state index in [2.05, 4.69) is 69.6 Å². The molecule has 1 saturated carbocycles. The summed E-state index contributed by atoms with van der Waals surface area (Å²) in [5.74, 6) is 3.08. The number of nitrogens with zero attached hydrogens (tertiary/aromatic N) is 5. The molecule has 0 radical (unpaired) electrons. The van der Waals surface area contributed by atoms with Crippen LogP contribution in [0.1, 0.15) is 55.5 Å². The first-order chi connectivity index (χ1) is 11.6. The van der Waals surface area contributed by atoms with Crippen LogP contribution in [0, 0.1) is 0 Å². The Balaban J connectivity index is 1.60. The molecule has 0 N–H and O–H groups in total. The van der Waals surface area contributed by atoms with Crippen molar-refractivity contribution in [2.45, 2.75) is 45.1 Å².